The van der Waals surface area contributed by atoms with E-state index in [2.05, 4.69) is 10.2 Å². The Morgan fingerprint density at radius 1 is 1.07 bits per heavy atom. The summed E-state index contributed by atoms with van der Waals surface area (Å²) in [4.78, 5) is 27.2. The molecule has 1 saturated heterocycles. The molecule has 28 heavy (non-hydrogen) atoms. The van der Waals surface area contributed by atoms with E-state index in [0.29, 0.717) is 6.54 Å². The Kier molecular flexibility index (Phi) is 6.47. The summed E-state index contributed by atoms with van der Waals surface area (Å²) in [5.41, 5.74) is 3.86. The summed E-state index contributed by atoms with van der Waals surface area (Å²) in [7, 11) is 1.61. The van der Waals surface area contributed by atoms with Crippen LogP contribution in [0.25, 0.3) is 0 Å². The Morgan fingerprint density at radius 3 is 2.39 bits per heavy atom. The summed E-state index contributed by atoms with van der Waals surface area (Å²) < 4.78 is 5.15. The van der Waals surface area contributed by atoms with Gasteiger partial charge in [0.1, 0.15) is 5.75 Å². The van der Waals surface area contributed by atoms with Crippen LogP contribution in [0.1, 0.15) is 34.3 Å². The van der Waals surface area contributed by atoms with Crippen LogP contribution in [0.15, 0.2) is 42.5 Å². The van der Waals surface area contributed by atoms with Gasteiger partial charge >= 0.3 is 0 Å². The zero-order valence-corrected chi connectivity index (χ0v) is 16.8. The predicted octanol–water partition coefficient (Wildman–Crippen LogP) is 3.85. The zero-order chi connectivity index (χ0) is 20.1. The van der Waals surface area contributed by atoms with Crippen molar-refractivity contribution in [3.8, 4) is 5.75 Å². The second-order valence-corrected chi connectivity index (χ2v) is 7.44. The van der Waals surface area contributed by atoms with Crippen LogP contribution >= 0.6 is 0 Å². The minimum absolute atomic E-state index is 0.00590. The number of likely N-dealkylation sites (tertiary alicyclic amines) is 1. The third-order valence-corrected chi connectivity index (χ3v) is 5.58. The molecule has 0 bridgehead atoms. The van der Waals surface area contributed by atoms with E-state index >= 15 is 0 Å². The standard InChI is InChI=1S/C23H28N2O3/c1-16-5-4-6-21(17(16)2)24-22(26)15-25-13-11-19(12-14-25)23(27)18-7-9-20(28-3)10-8-18/h4-10,19H,11-15H2,1-3H3,(H,24,26). The van der Waals surface area contributed by atoms with Gasteiger partial charge in [0, 0.05) is 17.2 Å². The second-order valence-electron chi connectivity index (χ2n) is 7.44. The topological polar surface area (TPSA) is 58.6 Å². The SMILES string of the molecule is COc1ccc(C(=O)C2CCN(CC(=O)Nc3cccc(C)c3C)CC2)cc1. The number of aryl methyl sites for hydroxylation is 1. The molecule has 0 radical (unpaired) electrons. The third-order valence-electron chi connectivity index (χ3n) is 5.58. The van der Waals surface area contributed by atoms with E-state index in [1.807, 2.05) is 56.3 Å². The first kappa shape index (κ1) is 20.1. The lowest BCUT2D eigenvalue weighted by Crippen LogP contribution is -2.40. The summed E-state index contributed by atoms with van der Waals surface area (Å²) in [6.07, 6.45) is 1.56. The van der Waals surface area contributed by atoms with Crippen LogP contribution in [-0.2, 0) is 4.79 Å². The number of piperidine rings is 1. The van der Waals surface area contributed by atoms with Crippen LogP contribution < -0.4 is 10.1 Å². The van der Waals surface area contributed by atoms with Crippen molar-refractivity contribution in [3.05, 3.63) is 59.2 Å². The van der Waals surface area contributed by atoms with Crippen molar-refractivity contribution in [2.24, 2.45) is 5.92 Å². The Bertz CT molecular complexity index is 837. The van der Waals surface area contributed by atoms with Crippen molar-refractivity contribution in [1.29, 1.82) is 0 Å². The van der Waals surface area contributed by atoms with Crippen molar-refractivity contribution in [2.75, 3.05) is 32.1 Å². The van der Waals surface area contributed by atoms with E-state index < -0.39 is 0 Å². The van der Waals surface area contributed by atoms with Crippen LogP contribution in [0.2, 0.25) is 0 Å². The van der Waals surface area contributed by atoms with Crippen LogP contribution in [0.3, 0.4) is 0 Å². The molecule has 0 aliphatic carbocycles. The second kappa shape index (κ2) is 9.02. The molecule has 1 fully saturated rings. The number of Topliss-reactive ketones (excluding diaryl/α,β-unsaturated/α-hetero) is 1. The van der Waals surface area contributed by atoms with Crippen LogP contribution in [-0.4, -0.2) is 43.3 Å². The number of hydrogen-bond donors (Lipinski definition) is 1. The zero-order valence-electron chi connectivity index (χ0n) is 16.8. The highest BCUT2D eigenvalue weighted by Gasteiger charge is 2.26. The highest BCUT2D eigenvalue weighted by Crippen LogP contribution is 2.23. The minimum atomic E-state index is -0.00590. The monoisotopic (exact) mass is 380 g/mol. The Hall–Kier alpha value is -2.66. The van der Waals surface area contributed by atoms with Gasteiger partial charge in [-0.1, -0.05) is 12.1 Å². The van der Waals surface area contributed by atoms with Gasteiger partial charge < -0.3 is 10.1 Å². The highest BCUT2D eigenvalue weighted by molar-refractivity contribution is 5.98. The lowest BCUT2D eigenvalue weighted by molar-refractivity contribution is -0.117. The van der Waals surface area contributed by atoms with Crippen molar-refractivity contribution in [2.45, 2.75) is 26.7 Å². The van der Waals surface area contributed by atoms with Gasteiger partial charge in [0.2, 0.25) is 5.91 Å². The van der Waals surface area contributed by atoms with Gasteiger partial charge in [-0.05, 0) is 81.2 Å². The van der Waals surface area contributed by atoms with Gasteiger partial charge in [0.15, 0.2) is 5.78 Å². The summed E-state index contributed by atoms with van der Waals surface area (Å²) in [5, 5.41) is 3.01. The van der Waals surface area contributed by atoms with Gasteiger partial charge in [-0.2, -0.15) is 0 Å². The maximum atomic E-state index is 12.7. The number of ketones is 1. The van der Waals surface area contributed by atoms with Crippen molar-refractivity contribution >= 4 is 17.4 Å². The molecule has 1 N–H and O–H groups in total. The fourth-order valence-electron chi connectivity index (χ4n) is 3.62. The van der Waals surface area contributed by atoms with Gasteiger partial charge in [0.05, 0.1) is 13.7 Å². The molecule has 0 saturated carbocycles. The normalized spacial score (nSPS) is 15.2. The first-order chi connectivity index (χ1) is 13.5. The molecule has 0 aromatic heterocycles. The number of anilines is 1. The molecule has 3 rings (SSSR count). The number of nitrogens with one attached hydrogen (secondary N) is 1. The lowest BCUT2D eigenvalue weighted by atomic mass is 9.89. The number of carbonyl (C=O) groups excluding carboxylic acids is 2. The molecule has 1 heterocycles. The number of carbonyl (C=O) groups is 2. The number of amides is 1. The Morgan fingerprint density at radius 2 is 1.75 bits per heavy atom. The quantitative estimate of drug-likeness (QED) is 0.774. The van der Waals surface area contributed by atoms with Gasteiger partial charge in [0.25, 0.3) is 0 Å². The average molecular weight is 380 g/mol. The summed E-state index contributed by atoms with van der Waals surface area (Å²) >= 11 is 0. The largest absolute Gasteiger partial charge is 0.497 e. The number of nitrogens with zero attached hydrogens (tertiary/aromatic N) is 1. The minimum Gasteiger partial charge on any atom is -0.497 e. The van der Waals surface area contributed by atoms with Crippen molar-refractivity contribution < 1.29 is 14.3 Å². The van der Waals surface area contributed by atoms with E-state index in [0.717, 1.165) is 54.1 Å². The van der Waals surface area contributed by atoms with Crippen molar-refractivity contribution in [1.82, 2.24) is 4.90 Å². The number of ether oxygens (including phenoxy) is 1. The van der Waals surface area contributed by atoms with Gasteiger partial charge in [-0.15, -0.1) is 0 Å². The number of rotatable bonds is 6. The van der Waals surface area contributed by atoms with E-state index in [4.69, 9.17) is 4.74 Å². The molecule has 148 valence electrons. The van der Waals surface area contributed by atoms with Crippen LogP contribution in [0.5, 0.6) is 5.75 Å². The lowest BCUT2D eigenvalue weighted by Gasteiger charge is -2.30. The number of methoxy groups -OCH3 is 1. The third kappa shape index (κ3) is 4.78. The van der Waals surface area contributed by atoms with Gasteiger partial charge in [-0.3, -0.25) is 14.5 Å². The Labute approximate surface area is 166 Å². The molecule has 2 aromatic carbocycles. The summed E-state index contributed by atoms with van der Waals surface area (Å²) in [6.45, 7) is 5.92. The smallest absolute Gasteiger partial charge is 0.238 e. The summed E-state index contributed by atoms with van der Waals surface area (Å²) in [6, 6.07) is 13.2. The predicted molar refractivity (Wildman–Crippen MR) is 111 cm³/mol. The molecule has 5 nitrogen and oxygen atoms in total. The first-order valence-corrected chi connectivity index (χ1v) is 9.74. The molecular weight excluding hydrogens is 352 g/mol. The van der Waals surface area contributed by atoms with Crippen LogP contribution in [0, 0.1) is 19.8 Å². The molecule has 2 aromatic rings. The number of benzene rings is 2. The maximum Gasteiger partial charge on any atom is 0.238 e. The molecule has 0 spiro atoms. The van der Waals surface area contributed by atoms with Crippen molar-refractivity contribution in [3.63, 3.8) is 0 Å². The van der Waals surface area contributed by atoms with E-state index in [9.17, 15) is 9.59 Å². The molecular formula is C23H28N2O3. The van der Waals surface area contributed by atoms with E-state index in [-0.39, 0.29) is 17.6 Å². The number of hydrogen-bond acceptors (Lipinski definition) is 4. The molecule has 1 amide bonds. The van der Waals surface area contributed by atoms with Gasteiger partial charge in [-0.25, -0.2) is 0 Å². The van der Waals surface area contributed by atoms with E-state index in [1.54, 1.807) is 7.11 Å². The summed E-state index contributed by atoms with van der Waals surface area (Å²) in [5.74, 6) is 0.948. The molecule has 0 unspecified atom stereocenters. The molecule has 5 heteroatoms. The fraction of sp³-hybridized carbons (Fsp3) is 0.391. The van der Waals surface area contributed by atoms with E-state index in [1.165, 1.54) is 0 Å². The molecule has 1 aliphatic heterocycles. The fourth-order valence-corrected chi connectivity index (χ4v) is 3.62. The average Bonchev–Trinajstić information content (AvgIpc) is 2.71. The maximum absolute atomic E-state index is 12.7. The van der Waals surface area contributed by atoms with Crippen LogP contribution in [0.4, 0.5) is 5.69 Å². The Balaban J connectivity index is 1.50. The molecule has 1 aliphatic rings. The highest BCUT2D eigenvalue weighted by atomic mass is 16.5. The molecule has 0 atom stereocenters. The first-order valence-electron chi connectivity index (χ1n) is 9.74.